The van der Waals surface area contributed by atoms with Crippen LogP contribution in [0.2, 0.25) is 0 Å². The summed E-state index contributed by atoms with van der Waals surface area (Å²) in [6, 6.07) is 1.35. The Balaban J connectivity index is 3.49. The quantitative estimate of drug-likeness (QED) is 0.465. The predicted molar refractivity (Wildman–Crippen MR) is 59.0 cm³/mol. The number of nitrogens with zero attached hydrogens (tertiary/aromatic N) is 1. The summed E-state index contributed by atoms with van der Waals surface area (Å²) in [6.45, 7) is 0. The van der Waals surface area contributed by atoms with Crippen LogP contribution >= 0.6 is 47.8 Å². The van der Waals surface area contributed by atoms with Gasteiger partial charge in [-0.2, -0.15) is 4.99 Å². The molecule has 0 saturated heterocycles. The number of phenolic OH excluding ortho intramolecular Hbond substituents is 1. The fourth-order valence-electron chi connectivity index (χ4n) is 0.708. The summed E-state index contributed by atoms with van der Waals surface area (Å²) < 4.78 is 1.69. The van der Waals surface area contributed by atoms with Crippen LogP contribution in [0.25, 0.3) is 0 Å². The third kappa shape index (κ3) is 2.20. The number of aromatic hydroxyl groups is 1. The lowest BCUT2D eigenvalue weighted by Gasteiger charge is -2.04. The van der Waals surface area contributed by atoms with E-state index in [2.05, 4.69) is 52.8 Å². The number of halogens is 3. The van der Waals surface area contributed by atoms with Crippen molar-refractivity contribution in [1.29, 1.82) is 0 Å². The SMILES string of the molecule is O=C=Nc1cc(O)c(Br)c(Br)c1Br. The molecule has 1 N–H and O–H groups in total. The van der Waals surface area contributed by atoms with Crippen LogP contribution in [0.5, 0.6) is 5.75 Å². The third-order valence-corrected chi connectivity index (χ3v) is 4.74. The van der Waals surface area contributed by atoms with E-state index in [9.17, 15) is 9.90 Å². The monoisotopic (exact) mass is 369 g/mol. The molecule has 0 aliphatic carbocycles. The molecule has 0 atom stereocenters. The van der Waals surface area contributed by atoms with Crippen molar-refractivity contribution in [3.63, 3.8) is 0 Å². The molecule has 13 heavy (non-hydrogen) atoms. The van der Waals surface area contributed by atoms with E-state index < -0.39 is 0 Å². The van der Waals surface area contributed by atoms with Crippen LogP contribution in [0.1, 0.15) is 0 Å². The first kappa shape index (κ1) is 10.9. The minimum absolute atomic E-state index is 0.00377. The molecule has 0 spiro atoms. The summed E-state index contributed by atoms with van der Waals surface area (Å²) in [4.78, 5) is 13.4. The maximum Gasteiger partial charge on any atom is 0.240 e. The van der Waals surface area contributed by atoms with E-state index in [4.69, 9.17) is 0 Å². The van der Waals surface area contributed by atoms with Gasteiger partial charge in [0.2, 0.25) is 6.08 Å². The number of hydrogen-bond donors (Lipinski definition) is 1. The standard InChI is InChI=1S/C7H2Br3NO2/c8-5-3(11-2-12)1-4(13)6(9)7(5)10/h1,13H. The van der Waals surface area contributed by atoms with Crippen LogP contribution < -0.4 is 0 Å². The Morgan fingerprint density at radius 1 is 1.23 bits per heavy atom. The van der Waals surface area contributed by atoms with Crippen molar-refractivity contribution in [3.05, 3.63) is 19.5 Å². The van der Waals surface area contributed by atoms with Gasteiger partial charge in [-0.3, -0.25) is 0 Å². The first-order valence-electron chi connectivity index (χ1n) is 3.02. The number of benzene rings is 1. The molecule has 0 aromatic heterocycles. The average Bonchev–Trinajstić information content (AvgIpc) is 2.11. The van der Waals surface area contributed by atoms with Gasteiger partial charge in [-0.05, 0) is 47.8 Å². The molecule has 0 unspecified atom stereocenters. The summed E-state index contributed by atoms with van der Waals surface area (Å²) in [5, 5.41) is 9.34. The molecule has 0 aliphatic heterocycles. The van der Waals surface area contributed by atoms with Crippen molar-refractivity contribution in [3.8, 4) is 5.75 Å². The highest BCUT2D eigenvalue weighted by atomic mass is 79.9. The Morgan fingerprint density at radius 3 is 2.38 bits per heavy atom. The highest BCUT2D eigenvalue weighted by Crippen LogP contribution is 2.43. The fraction of sp³-hybridized carbons (Fsp3) is 0. The van der Waals surface area contributed by atoms with Crippen LogP contribution in [0, 0.1) is 0 Å². The van der Waals surface area contributed by atoms with Gasteiger partial charge in [0.1, 0.15) is 5.75 Å². The minimum Gasteiger partial charge on any atom is -0.507 e. The molecular formula is C7H2Br3NO2. The van der Waals surface area contributed by atoms with E-state index in [-0.39, 0.29) is 5.75 Å². The van der Waals surface area contributed by atoms with Crippen LogP contribution in [0.15, 0.2) is 24.5 Å². The van der Waals surface area contributed by atoms with Crippen molar-refractivity contribution < 1.29 is 9.90 Å². The van der Waals surface area contributed by atoms with Gasteiger partial charge >= 0.3 is 0 Å². The summed E-state index contributed by atoms with van der Waals surface area (Å²) in [7, 11) is 0. The van der Waals surface area contributed by atoms with Gasteiger partial charge in [-0.15, -0.1) is 0 Å². The molecule has 0 bridgehead atoms. The number of carbonyl (C=O) groups excluding carboxylic acids is 1. The van der Waals surface area contributed by atoms with Crippen molar-refractivity contribution in [1.82, 2.24) is 0 Å². The molecule has 1 aromatic rings. The molecule has 0 radical (unpaired) electrons. The van der Waals surface area contributed by atoms with Crippen LogP contribution in [0.4, 0.5) is 5.69 Å². The lowest BCUT2D eigenvalue weighted by Crippen LogP contribution is -1.76. The maximum atomic E-state index is 10.0. The van der Waals surface area contributed by atoms with E-state index in [1.165, 1.54) is 12.1 Å². The Morgan fingerprint density at radius 2 is 1.85 bits per heavy atom. The van der Waals surface area contributed by atoms with E-state index in [1.807, 2.05) is 0 Å². The van der Waals surface area contributed by atoms with E-state index >= 15 is 0 Å². The number of aliphatic imine (C=N–C) groups is 1. The summed E-state index contributed by atoms with van der Waals surface area (Å²) >= 11 is 9.56. The third-order valence-electron chi connectivity index (χ3n) is 1.27. The highest BCUT2D eigenvalue weighted by Gasteiger charge is 2.11. The Bertz CT molecular complexity index is 399. The van der Waals surface area contributed by atoms with Gasteiger partial charge in [0, 0.05) is 6.07 Å². The average molecular weight is 372 g/mol. The molecule has 3 nitrogen and oxygen atoms in total. The number of phenols is 1. The maximum absolute atomic E-state index is 10.0. The Hall–Kier alpha value is -0.160. The first-order valence-corrected chi connectivity index (χ1v) is 5.40. The van der Waals surface area contributed by atoms with Gasteiger partial charge in [-0.25, -0.2) is 4.79 Å². The Labute approximate surface area is 99.3 Å². The second kappa shape index (κ2) is 4.37. The van der Waals surface area contributed by atoms with Crippen molar-refractivity contribution in [2.45, 2.75) is 0 Å². The van der Waals surface area contributed by atoms with E-state index in [1.54, 1.807) is 0 Å². The summed E-state index contributed by atoms with van der Waals surface area (Å²) in [5.41, 5.74) is 0.322. The first-order chi connectivity index (χ1) is 6.07. The fourth-order valence-corrected chi connectivity index (χ4v) is 2.09. The highest BCUT2D eigenvalue weighted by molar-refractivity contribution is 9.14. The lowest BCUT2D eigenvalue weighted by molar-refractivity contribution is 0.471. The molecule has 0 saturated carbocycles. The molecule has 0 amide bonds. The minimum atomic E-state index is 0.00377. The van der Waals surface area contributed by atoms with Crippen molar-refractivity contribution in [2.75, 3.05) is 0 Å². The normalized spacial score (nSPS) is 9.46. The van der Waals surface area contributed by atoms with Crippen LogP contribution in [-0.2, 0) is 4.79 Å². The van der Waals surface area contributed by atoms with Gasteiger partial charge in [0.05, 0.1) is 19.1 Å². The van der Waals surface area contributed by atoms with Crippen molar-refractivity contribution >= 4 is 59.6 Å². The molecule has 6 heteroatoms. The molecule has 68 valence electrons. The zero-order valence-electron chi connectivity index (χ0n) is 6.01. The zero-order chi connectivity index (χ0) is 10.0. The second-order valence-electron chi connectivity index (χ2n) is 2.06. The Kier molecular flexibility index (Phi) is 3.67. The molecule has 0 fully saturated rings. The lowest BCUT2D eigenvalue weighted by atomic mass is 10.3. The van der Waals surface area contributed by atoms with Gasteiger partial charge in [-0.1, -0.05) is 0 Å². The predicted octanol–water partition coefficient (Wildman–Crippen LogP) is 3.65. The number of rotatable bonds is 1. The molecule has 0 heterocycles. The van der Waals surface area contributed by atoms with Gasteiger partial charge in [0.25, 0.3) is 0 Å². The smallest absolute Gasteiger partial charge is 0.240 e. The zero-order valence-corrected chi connectivity index (χ0v) is 10.8. The second-order valence-corrected chi connectivity index (χ2v) is 4.44. The van der Waals surface area contributed by atoms with Crippen LogP contribution in [-0.4, -0.2) is 11.2 Å². The molecule has 0 aliphatic rings. The van der Waals surface area contributed by atoms with Gasteiger partial charge in [0.15, 0.2) is 0 Å². The topological polar surface area (TPSA) is 49.7 Å². The molecule has 1 rings (SSSR count). The van der Waals surface area contributed by atoms with E-state index in [0.29, 0.717) is 19.1 Å². The molecular weight excluding hydrogens is 370 g/mol. The summed E-state index contributed by atoms with van der Waals surface area (Å²) in [5.74, 6) is 0.00377. The summed E-state index contributed by atoms with van der Waals surface area (Å²) in [6.07, 6.45) is 1.40. The van der Waals surface area contributed by atoms with E-state index in [0.717, 1.165) is 0 Å². The van der Waals surface area contributed by atoms with Crippen molar-refractivity contribution in [2.24, 2.45) is 4.99 Å². The molecule has 1 aromatic carbocycles. The van der Waals surface area contributed by atoms with Crippen LogP contribution in [0.3, 0.4) is 0 Å². The number of isocyanates is 1. The largest absolute Gasteiger partial charge is 0.507 e. The number of hydrogen-bond acceptors (Lipinski definition) is 3. The van der Waals surface area contributed by atoms with Gasteiger partial charge < -0.3 is 5.11 Å².